The molecule has 0 bridgehead atoms. The number of nitrogens with one attached hydrogen (secondary N) is 2. The second kappa shape index (κ2) is 7.87. The minimum Gasteiger partial charge on any atom is -0.493 e. The summed E-state index contributed by atoms with van der Waals surface area (Å²) in [6.45, 7) is 0. The number of fused-ring (bicyclic) bond motifs is 2. The van der Waals surface area contributed by atoms with E-state index in [2.05, 4.69) is 20.5 Å². The Bertz CT molecular complexity index is 1420. The van der Waals surface area contributed by atoms with E-state index >= 15 is 0 Å². The number of para-hydroxylation sites is 3. The largest absolute Gasteiger partial charge is 0.493 e. The molecule has 0 aliphatic heterocycles. The van der Waals surface area contributed by atoms with E-state index in [1.807, 2.05) is 72.8 Å². The number of aromatic amines is 1. The van der Waals surface area contributed by atoms with E-state index in [-0.39, 0.29) is 0 Å². The summed E-state index contributed by atoms with van der Waals surface area (Å²) in [4.78, 5) is 7.73. The summed E-state index contributed by atoms with van der Waals surface area (Å²) in [6.07, 6.45) is 0. The zero-order valence-corrected chi connectivity index (χ0v) is 17.0. The molecule has 0 radical (unpaired) electrons. The van der Waals surface area contributed by atoms with Crippen LogP contribution in [0.3, 0.4) is 0 Å². The zero-order valence-electron chi connectivity index (χ0n) is 17.0. The second-order valence-electron chi connectivity index (χ2n) is 6.89. The van der Waals surface area contributed by atoms with Gasteiger partial charge in [0.05, 0.1) is 30.6 Å². The maximum absolute atomic E-state index is 6.15. The third kappa shape index (κ3) is 3.57. The Hall–Kier alpha value is -4.26. The lowest BCUT2D eigenvalue weighted by Gasteiger charge is -2.10. The molecule has 0 aliphatic rings. The van der Waals surface area contributed by atoms with Gasteiger partial charge in [0, 0.05) is 17.0 Å². The highest BCUT2D eigenvalue weighted by Gasteiger charge is 2.10. The molecule has 3 aromatic carbocycles. The molecular weight excluding hydrogens is 392 g/mol. The van der Waals surface area contributed by atoms with Crippen molar-refractivity contribution in [1.82, 2.24) is 9.97 Å². The van der Waals surface area contributed by atoms with Gasteiger partial charge in [-0.2, -0.15) is 5.10 Å². The van der Waals surface area contributed by atoms with Crippen LogP contribution >= 0.6 is 0 Å². The maximum Gasteiger partial charge on any atom is 0.222 e. The number of hydrogen-bond acceptors (Lipinski definition) is 6. The van der Waals surface area contributed by atoms with E-state index in [9.17, 15) is 0 Å². The van der Waals surface area contributed by atoms with Crippen LogP contribution in [-0.4, -0.2) is 24.2 Å². The van der Waals surface area contributed by atoms with Gasteiger partial charge in [0.25, 0.3) is 0 Å². The molecular formula is C24H20N4O3. The van der Waals surface area contributed by atoms with Crippen molar-refractivity contribution in [2.45, 2.75) is 0 Å². The lowest BCUT2D eigenvalue weighted by molar-refractivity contribution is 0.355. The summed E-state index contributed by atoms with van der Waals surface area (Å²) in [5.74, 6) is 2.51. The molecule has 0 amide bonds. The minimum absolute atomic E-state index is 0.568. The average Bonchev–Trinajstić information content (AvgIpc) is 3.25. The lowest BCUT2D eigenvalue weighted by atomic mass is 10.1. The van der Waals surface area contributed by atoms with Crippen molar-refractivity contribution >= 4 is 28.0 Å². The second-order valence-corrected chi connectivity index (χ2v) is 6.89. The van der Waals surface area contributed by atoms with Crippen molar-refractivity contribution in [3.63, 3.8) is 0 Å². The molecule has 0 saturated carbocycles. The highest BCUT2D eigenvalue weighted by Crippen LogP contribution is 2.32. The number of nitrogens with zero attached hydrogens (tertiary/aromatic N) is 2. The molecule has 0 atom stereocenters. The van der Waals surface area contributed by atoms with Gasteiger partial charge in [0.15, 0.2) is 11.5 Å². The summed E-state index contributed by atoms with van der Waals surface area (Å²) in [5, 5.41) is 6.22. The van der Waals surface area contributed by atoms with Crippen LogP contribution in [0.2, 0.25) is 0 Å². The molecule has 31 heavy (non-hydrogen) atoms. The van der Waals surface area contributed by atoms with Gasteiger partial charge in [-0.15, -0.1) is 0 Å². The van der Waals surface area contributed by atoms with E-state index in [1.165, 1.54) is 0 Å². The lowest BCUT2D eigenvalue weighted by Crippen LogP contribution is -2.08. The first-order valence-electron chi connectivity index (χ1n) is 9.75. The van der Waals surface area contributed by atoms with Crippen molar-refractivity contribution in [1.29, 1.82) is 0 Å². The van der Waals surface area contributed by atoms with Gasteiger partial charge in [-0.1, -0.05) is 24.3 Å². The Morgan fingerprint density at radius 1 is 0.903 bits per heavy atom. The smallest absolute Gasteiger partial charge is 0.222 e. The van der Waals surface area contributed by atoms with Gasteiger partial charge in [0.1, 0.15) is 11.3 Å². The number of rotatable bonds is 5. The molecule has 2 N–H and O–H groups in total. The van der Waals surface area contributed by atoms with Gasteiger partial charge in [-0.3, -0.25) is 0 Å². The SMILES string of the molecule is COc1ccc(-c2c/c(=N/Nc3nc4ccccc4[nH]3)c3ccccc3o2)cc1OC. The zero-order chi connectivity index (χ0) is 21.2. The van der Waals surface area contributed by atoms with E-state index in [4.69, 9.17) is 13.9 Å². The van der Waals surface area contributed by atoms with Gasteiger partial charge in [-0.05, 0) is 42.5 Å². The third-order valence-electron chi connectivity index (χ3n) is 4.99. The molecule has 0 unspecified atom stereocenters. The normalized spacial score (nSPS) is 11.7. The fraction of sp³-hybridized carbons (Fsp3) is 0.0833. The van der Waals surface area contributed by atoms with Crippen LogP contribution in [0.4, 0.5) is 5.95 Å². The van der Waals surface area contributed by atoms with Crippen LogP contribution in [0, 0.1) is 0 Å². The number of hydrogen-bond donors (Lipinski definition) is 2. The van der Waals surface area contributed by atoms with Crippen LogP contribution in [0.15, 0.2) is 82.3 Å². The molecule has 7 heteroatoms. The van der Waals surface area contributed by atoms with Crippen LogP contribution in [0.5, 0.6) is 11.5 Å². The van der Waals surface area contributed by atoms with Crippen molar-refractivity contribution in [2.24, 2.45) is 5.10 Å². The number of benzene rings is 3. The summed E-state index contributed by atoms with van der Waals surface area (Å²) in [5.41, 5.74) is 6.42. The Kier molecular flexibility index (Phi) is 4.76. The first-order chi connectivity index (χ1) is 15.2. The average molecular weight is 412 g/mol. The molecule has 0 aliphatic carbocycles. The molecule has 0 spiro atoms. The predicted octanol–water partition coefficient (Wildman–Crippen LogP) is 4.92. The molecule has 7 nitrogen and oxygen atoms in total. The summed E-state index contributed by atoms with van der Waals surface area (Å²) < 4.78 is 16.9. The number of ether oxygens (including phenoxy) is 2. The standard InChI is InChI=1S/C24H20N4O3/c1-29-21-12-11-15(13-23(21)30-2)22-14-19(16-7-3-6-10-20(16)31-22)27-28-24-25-17-8-4-5-9-18(17)26-24/h3-14H,1-2H3,(H2,25,26,28)/b27-19-. The highest BCUT2D eigenvalue weighted by molar-refractivity contribution is 5.79. The third-order valence-corrected chi connectivity index (χ3v) is 4.99. The number of aromatic nitrogens is 2. The van der Waals surface area contributed by atoms with Gasteiger partial charge >= 0.3 is 0 Å². The van der Waals surface area contributed by atoms with Crippen molar-refractivity contribution in [2.75, 3.05) is 19.6 Å². The Morgan fingerprint density at radius 2 is 1.71 bits per heavy atom. The topological polar surface area (TPSA) is 84.7 Å². The quantitative estimate of drug-likeness (QED) is 0.400. The van der Waals surface area contributed by atoms with Crippen molar-refractivity contribution < 1.29 is 13.9 Å². The Labute approximate surface area is 178 Å². The van der Waals surface area contributed by atoms with E-state index in [0.717, 1.165) is 32.9 Å². The molecule has 5 aromatic rings. The molecule has 0 saturated heterocycles. The Balaban J connectivity index is 1.61. The summed E-state index contributed by atoms with van der Waals surface area (Å²) in [6, 6.07) is 23.1. The van der Waals surface area contributed by atoms with Crippen LogP contribution in [0.25, 0.3) is 33.3 Å². The number of imidazole rings is 1. The highest BCUT2D eigenvalue weighted by atomic mass is 16.5. The number of H-pyrrole nitrogens is 1. The van der Waals surface area contributed by atoms with E-state index in [0.29, 0.717) is 23.2 Å². The molecule has 0 fully saturated rings. The molecule has 154 valence electrons. The Morgan fingerprint density at radius 3 is 2.55 bits per heavy atom. The molecule has 2 heterocycles. The predicted molar refractivity (Wildman–Crippen MR) is 120 cm³/mol. The molecule has 2 aromatic heterocycles. The minimum atomic E-state index is 0.568. The van der Waals surface area contributed by atoms with Gasteiger partial charge in [-0.25, -0.2) is 10.4 Å². The maximum atomic E-state index is 6.15. The van der Waals surface area contributed by atoms with Crippen LogP contribution < -0.4 is 20.3 Å². The van der Waals surface area contributed by atoms with Crippen LogP contribution in [-0.2, 0) is 0 Å². The van der Waals surface area contributed by atoms with E-state index in [1.54, 1.807) is 14.2 Å². The fourth-order valence-corrected chi connectivity index (χ4v) is 3.46. The number of methoxy groups -OCH3 is 2. The monoisotopic (exact) mass is 412 g/mol. The first kappa shape index (κ1) is 18.7. The summed E-state index contributed by atoms with van der Waals surface area (Å²) >= 11 is 0. The first-order valence-corrected chi connectivity index (χ1v) is 9.75. The fourth-order valence-electron chi connectivity index (χ4n) is 3.46. The van der Waals surface area contributed by atoms with E-state index < -0.39 is 0 Å². The van der Waals surface area contributed by atoms with Crippen LogP contribution in [0.1, 0.15) is 0 Å². The molecule has 5 rings (SSSR count). The number of anilines is 1. The van der Waals surface area contributed by atoms with Gasteiger partial charge < -0.3 is 18.9 Å². The van der Waals surface area contributed by atoms with Crippen molar-refractivity contribution in [3.05, 3.63) is 78.2 Å². The van der Waals surface area contributed by atoms with Crippen molar-refractivity contribution in [3.8, 4) is 22.8 Å². The summed E-state index contributed by atoms with van der Waals surface area (Å²) in [7, 11) is 3.22. The van der Waals surface area contributed by atoms with Gasteiger partial charge in [0.2, 0.25) is 5.95 Å².